The molecular weight excluding hydrogens is 242 g/mol. The van der Waals surface area contributed by atoms with E-state index in [4.69, 9.17) is 4.74 Å². The van der Waals surface area contributed by atoms with Gasteiger partial charge in [-0.1, -0.05) is 18.2 Å². The van der Waals surface area contributed by atoms with E-state index in [9.17, 15) is 10.2 Å². The summed E-state index contributed by atoms with van der Waals surface area (Å²) in [6.45, 7) is 0. The van der Waals surface area contributed by atoms with E-state index >= 15 is 0 Å². The van der Waals surface area contributed by atoms with Crippen LogP contribution >= 0.6 is 0 Å². The molecule has 1 atom stereocenters. The molecule has 2 heterocycles. The summed E-state index contributed by atoms with van der Waals surface area (Å²) in [6.07, 6.45) is 7.06. The van der Waals surface area contributed by atoms with Gasteiger partial charge in [-0.3, -0.25) is 0 Å². The van der Waals surface area contributed by atoms with Crippen molar-refractivity contribution in [2.24, 2.45) is 0 Å². The van der Waals surface area contributed by atoms with Crippen LogP contribution in [0.4, 0.5) is 0 Å². The fourth-order valence-electron chi connectivity index (χ4n) is 2.04. The fraction of sp³-hybridized carbons (Fsp3) is 0.0667. The lowest BCUT2D eigenvalue weighted by molar-refractivity contribution is -0.0274. The van der Waals surface area contributed by atoms with Crippen molar-refractivity contribution in [3.05, 3.63) is 65.8 Å². The minimum Gasteiger partial charge on any atom is -0.508 e. The normalized spacial score (nSPS) is 19.3. The second-order valence-electron chi connectivity index (χ2n) is 4.27. The summed E-state index contributed by atoms with van der Waals surface area (Å²) >= 11 is 0. The van der Waals surface area contributed by atoms with Crippen LogP contribution in [0.3, 0.4) is 0 Å². The predicted molar refractivity (Wildman–Crippen MR) is 73.2 cm³/mol. The molecule has 96 valence electrons. The van der Waals surface area contributed by atoms with Crippen LogP contribution in [0.1, 0.15) is 5.56 Å². The van der Waals surface area contributed by atoms with E-state index in [0.29, 0.717) is 5.76 Å². The van der Waals surface area contributed by atoms with Gasteiger partial charge in [-0.05, 0) is 23.8 Å². The molecule has 0 saturated carbocycles. The van der Waals surface area contributed by atoms with Crippen molar-refractivity contribution >= 4 is 17.0 Å². The lowest BCUT2D eigenvalue weighted by atomic mass is 10.1. The number of hydrogen-bond acceptors (Lipinski definition) is 3. The van der Waals surface area contributed by atoms with Gasteiger partial charge >= 0.3 is 0 Å². The minimum absolute atomic E-state index is 0.00248. The average Bonchev–Trinajstić information content (AvgIpc) is 2.78. The smallest absolute Gasteiger partial charge is 0.221 e. The third kappa shape index (κ3) is 2.39. The molecule has 0 saturated heterocycles. The summed E-state index contributed by atoms with van der Waals surface area (Å²) in [5, 5.41) is 19.8. The summed E-state index contributed by atoms with van der Waals surface area (Å²) in [4.78, 5) is 3.17. The van der Waals surface area contributed by atoms with E-state index in [0.717, 1.165) is 16.5 Å². The number of aromatic amines is 1. The van der Waals surface area contributed by atoms with Gasteiger partial charge in [-0.15, -0.1) is 0 Å². The molecule has 0 radical (unpaired) electrons. The lowest BCUT2D eigenvalue weighted by Gasteiger charge is -2.14. The maximum absolute atomic E-state index is 9.38. The topological polar surface area (TPSA) is 65.5 Å². The van der Waals surface area contributed by atoms with Crippen LogP contribution in [0.15, 0.2) is 60.2 Å². The predicted octanol–water partition coefficient (Wildman–Crippen LogP) is 2.86. The van der Waals surface area contributed by atoms with Crippen molar-refractivity contribution in [3.8, 4) is 0 Å². The van der Waals surface area contributed by atoms with Crippen molar-refractivity contribution < 1.29 is 14.9 Å². The number of rotatable bonds is 2. The highest BCUT2D eigenvalue weighted by molar-refractivity contribution is 5.88. The Balaban J connectivity index is 1.89. The SMILES string of the molecule is OC1=CC(O)OC(/C=C/c2c[nH]c3ccccc23)=C1. The van der Waals surface area contributed by atoms with Gasteiger partial charge in [0.15, 0.2) is 0 Å². The van der Waals surface area contributed by atoms with Gasteiger partial charge in [0.2, 0.25) is 6.29 Å². The second kappa shape index (κ2) is 4.66. The molecule has 3 rings (SSSR count). The highest BCUT2D eigenvalue weighted by Crippen LogP contribution is 2.21. The zero-order chi connectivity index (χ0) is 13.2. The number of H-pyrrole nitrogens is 1. The van der Waals surface area contributed by atoms with Gasteiger partial charge in [-0.2, -0.15) is 0 Å². The van der Waals surface area contributed by atoms with Crippen LogP contribution in [-0.2, 0) is 4.74 Å². The minimum atomic E-state index is -1.10. The number of benzene rings is 1. The summed E-state index contributed by atoms with van der Waals surface area (Å²) < 4.78 is 5.15. The Morgan fingerprint density at radius 3 is 2.89 bits per heavy atom. The molecule has 19 heavy (non-hydrogen) atoms. The quantitative estimate of drug-likeness (QED) is 0.773. The first kappa shape index (κ1) is 11.6. The van der Waals surface area contributed by atoms with Crippen LogP contribution in [-0.4, -0.2) is 21.5 Å². The third-order valence-electron chi connectivity index (χ3n) is 2.91. The molecule has 3 N–H and O–H groups in total. The van der Waals surface area contributed by atoms with E-state index in [-0.39, 0.29) is 5.76 Å². The highest BCUT2D eigenvalue weighted by Gasteiger charge is 2.10. The van der Waals surface area contributed by atoms with Gasteiger partial charge in [0.1, 0.15) is 11.5 Å². The van der Waals surface area contributed by atoms with Gasteiger partial charge < -0.3 is 19.9 Å². The molecule has 0 aliphatic carbocycles. The van der Waals surface area contributed by atoms with Crippen molar-refractivity contribution in [1.82, 2.24) is 4.98 Å². The maximum atomic E-state index is 9.38. The molecule has 0 bridgehead atoms. The van der Waals surface area contributed by atoms with E-state index in [1.807, 2.05) is 36.5 Å². The van der Waals surface area contributed by atoms with Gasteiger partial charge in [0.05, 0.1) is 0 Å². The number of para-hydroxylation sites is 1. The summed E-state index contributed by atoms with van der Waals surface area (Å²) in [7, 11) is 0. The van der Waals surface area contributed by atoms with Crippen LogP contribution in [0.5, 0.6) is 0 Å². The molecular formula is C15H13NO3. The number of aliphatic hydroxyl groups excluding tert-OH is 2. The fourth-order valence-corrected chi connectivity index (χ4v) is 2.04. The van der Waals surface area contributed by atoms with Crippen LogP contribution in [0.25, 0.3) is 17.0 Å². The van der Waals surface area contributed by atoms with Gasteiger partial charge in [-0.25, -0.2) is 0 Å². The molecule has 4 heteroatoms. The van der Waals surface area contributed by atoms with Crippen molar-refractivity contribution in [3.63, 3.8) is 0 Å². The molecule has 1 aliphatic rings. The molecule has 1 aromatic heterocycles. The Morgan fingerprint density at radius 1 is 1.21 bits per heavy atom. The molecule has 0 fully saturated rings. The number of aromatic nitrogens is 1. The summed E-state index contributed by atoms with van der Waals surface area (Å²) in [5.74, 6) is 0.412. The zero-order valence-corrected chi connectivity index (χ0v) is 10.1. The Labute approximate surface area is 110 Å². The number of allylic oxidation sites excluding steroid dienone is 2. The number of fused-ring (bicyclic) bond motifs is 1. The number of nitrogens with one attached hydrogen (secondary N) is 1. The first-order valence-electron chi connectivity index (χ1n) is 5.94. The first-order chi connectivity index (χ1) is 9.22. The molecule has 4 nitrogen and oxygen atoms in total. The molecule has 2 aromatic rings. The highest BCUT2D eigenvalue weighted by atomic mass is 16.6. The van der Waals surface area contributed by atoms with Gasteiger partial charge in [0.25, 0.3) is 0 Å². The van der Waals surface area contributed by atoms with E-state index in [2.05, 4.69) is 4.98 Å². The van der Waals surface area contributed by atoms with E-state index in [1.54, 1.807) is 6.08 Å². The standard InChI is InChI=1S/C15H13NO3/c17-11-7-12(19-15(18)8-11)6-5-10-9-16-14-4-2-1-3-13(10)14/h1-9,15-18H/b6-5+. The third-order valence-corrected chi connectivity index (χ3v) is 2.91. The van der Waals surface area contributed by atoms with Crippen LogP contribution in [0, 0.1) is 0 Å². The lowest BCUT2D eigenvalue weighted by Crippen LogP contribution is -2.12. The molecule has 1 unspecified atom stereocenters. The summed E-state index contributed by atoms with van der Waals surface area (Å²) in [6, 6.07) is 7.97. The Bertz CT molecular complexity index is 694. The van der Waals surface area contributed by atoms with E-state index in [1.165, 1.54) is 12.2 Å². The average molecular weight is 255 g/mol. The Morgan fingerprint density at radius 2 is 2.05 bits per heavy atom. The number of ether oxygens (including phenoxy) is 1. The Kier molecular flexibility index (Phi) is 2.85. The maximum Gasteiger partial charge on any atom is 0.221 e. The first-order valence-corrected chi connectivity index (χ1v) is 5.94. The van der Waals surface area contributed by atoms with Crippen molar-refractivity contribution in [1.29, 1.82) is 0 Å². The molecule has 1 aromatic carbocycles. The second-order valence-corrected chi connectivity index (χ2v) is 4.27. The molecule has 0 amide bonds. The van der Waals surface area contributed by atoms with Crippen LogP contribution in [0.2, 0.25) is 0 Å². The zero-order valence-electron chi connectivity index (χ0n) is 10.1. The van der Waals surface area contributed by atoms with Crippen molar-refractivity contribution in [2.45, 2.75) is 6.29 Å². The monoisotopic (exact) mass is 255 g/mol. The molecule has 1 aliphatic heterocycles. The number of aliphatic hydroxyl groups is 2. The van der Waals surface area contributed by atoms with Crippen LogP contribution < -0.4 is 0 Å². The largest absolute Gasteiger partial charge is 0.508 e. The summed E-state index contributed by atoms with van der Waals surface area (Å²) in [5.41, 5.74) is 2.08. The van der Waals surface area contributed by atoms with Gasteiger partial charge in [0, 0.05) is 29.3 Å². The van der Waals surface area contributed by atoms with E-state index < -0.39 is 6.29 Å². The number of hydrogen-bond donors (Lipinski definition) is 3. The Hall–Kier alpha value is -2.46. The van der Waals surface area contributed by atoms with Crippen molar-refractivity contribution in [2.75, 3.05) is 0 Å². The molecule has 0 spiro atoms.